The Morgan fingerprint density at radius 3 is 2.46 bits per heavy atom. The Kier molecular flexibility index (Phi) is 7.76. The van der Waals surface area contributed by atoms with Gasteiger partial charge in [-0.25, -0.2) is 28.1 Å². The topological polar surface area (TPSA) is 147 Å². The van der Waals surface area contributed by atoms with Gasteiger partial charge in [0.25, 0.3) is 10.0 Å². The van der Waals surface area contributed by atoms with Crippen molar-refractivity contribution in [3.05, 3.63) is 83.5 Å². The minimum atomic E-state index is -3.89. The first-order valence-corrected chi connectivity index (χ1v) is 13.8. The van der Waals surface area contributed by atoms with Gasteiger partial charge in [0.15, 0.2) is 10.9 Å². The second-order valence-corrected chi connectivity index (χ2v) is 10.5. The van der Waals surface area contributed by atoms with Crippen LogP contribution in [0.25, 0.3) is 16.6 Å². The fourth-order valence-corrected chi connectivity index (χ4v) is 5.12. The summed E-state index contributed by atoms with van der Waals surface area (Å²) in [5, 5.41) is 11.9. The van der Waals surface area contributed by atoms with Crippen LogP contribution in [0.4, 0.5) is 11.6 Å². The summed E-state index contributed by atoms with van der Waals surface area (Å²) < 4.78 is 29.3. The lowest BCUT2D eigenvalue weighted by Crippen LogP contribution is -2.40. The van der Waals surface area contributed by atoms with E-state index in [1.165, 1.54) is 41.3 Å². The molecule has 2 aromatic carbocycles. The second-order valence-electron chi connectivity index (χ2n) is 8.42. The molecule has 1 fully saturated rings. The standard InChI is InChI=1S/C25H23N9O3S2/c35-17-18(16-33-14-12-26-13-15-33)23-24(38)34(22-5-2-1-4-21(22)29-23)32-30-19-6-8-20(9-7-19)39(36,37)31-25-27-10-3-11-28-25/h1-11,16-17,26H,12-15H2,(H,27,28,31)/b18-16+,32-30?. The van der Waals surface area contributed by atoms with Gasteiger partial charge in [-0.1, -0.05) is 29.6 Å². The van der Waals surface area contributed by atoms with Gasteiger partial charge in [-0.05, 0) is 42.5 Å². The number of aldehydes is 1. The summed E-state index contributed by atoms with van der Waals surface area (Å²) >= 11 is 5.69. The van der Waals surface area contributed by atoms with Crippen LogP contribution in [0.15, 0.2) is 88.4 Å². The molecular weight excluding hydrogens is 538 g/mol. The van der Waals surface area contributed by atoms with Gasteiger partial charge in [0.1, 0.15) is 5.69 Å². The fraction of sp³-hybridized carbons (Fsp3) is 0.160. The molecule has 12 nitrogen and oxygen atoms in total. The predicted molar refractivity (Wildman–Crippen MR) is 148 cm³/mol. The highest BCUT2D eigenvalue weighted by atomic mass is 32.2. The Morgan fingerprint density at radius 1 is 1.03 bits per heavy atom. The van der Waals surface area contributed by atoms with Crippen LogP contribution in [0.1, 0.15) is 5.69 Å². The van der Waals surface area contributed by atoms with Crippen molar-refractivity contribution in [2.24, 2.45) is 10.3 Å². The zero-order chi connectivity index (χ0) is 27.2. The maximum atomic E-state index is 12.6. The summed E-state index contributed by atoms with van der Waals surface area (Å²) in [5.74, 6) is -0.0308. The van der Waals surface area contributed by atoms with Crippen molar-refractivity contribution in [2.45, 2.75) is 4.90 Å². The number of hydrogen-bond acceptors (Lipinski definition) is 11. The van der Waals surface area contributed by atoms with Gasteiger partial charge < -0.3 is 10.2 Å². The molecule has 0 saturated carbocycles. The summed E-state index contributed by atoms with van der Waals surface area (Å²) in [7, 11) is -3.89. The van der Waals surface area contributed by atoms with E-state index in [0.717, 1.165) is 32.5 Å². The van der Waals surface area contributed by atoms with E-state index in [-0.39, 0.29) is 15.5 Å². The molecule has 0 amide bonds. The van der Waals surface area contributed by atoms with E-state index in [1.54, 1.807) is 24.4 Å². The normalized spacial score (nSPS) is 14.6. The number of carbonyl (C=O) groups is 1. The molecule has 4 aromatic rings. The average Bonchev–Trinajstić information content (AvgIpc) is 2.96. The molecule has 198 valence electrons. The highest BCUT2D eigenvalue weighted by Crippen LogP contribution is 2.23. The highest BCUT2D eigenvalue weighted by Gasteiger charge is 2.16. The number of aromatic nitrogens is 4. The number of nitrogens with zero attached hydrogens (tertiary/aromatic N) is 7. The Hall–Kier alpha value is -4.40. The molecule has 0 radical (unpaired) electrons. The highest BCUT2D eigenvalue weighted by molar-refractivity contribution is 7.92. The van der Waals surface area contributed by atoms with E-state index >= 15 is 0 Å². The summed E-state index contributed by atoms with van der Waals surface area (Å²) in [6.45, 7) is 3.16. The summed E-state index contributed by atoms with van der Waals surface area (Å²) in [6.07, 6.45) is 5.39. The molecule has 2 N–H and O–H groups in total. The van der Waals surface area contributed by atoms with Crippen molar-refractivity contribution >= 4 is 56.8 Å². The quantitative estimate of drug-likeness (QED) is 0.143. The summed E-state index contributed by atoms with van der Waals surface area (Å²) in [5.41, 5.74) is 2.26. The average molecular weight is 562 g/mol. The summed E-state index contributed by atoms with van der Waals surface area (Å²) in [4.78, 5) is 26.5. The molecule has 0 bridgehead atoms. The maximum absolute atomic E-state index is 12.6. The number of para-hydroxylation sites is 2. The molecule has 1 aliphatic rings. The lowest BCUT2D eigenvalue weighted by Gasteiger charge is -2.26. The molecule has 14 heteroatoms. The first-order chi connectivity index (χ1) is 18.9. The molecule has 0 unspecified atom stereocenters. The van der Waals surface area contributed by atoms with E-state index in [4.69, 9.17) is 12.2 Å². The Labute approximate surface area is 229 Å². The first kappa shape index (κ1) is 26.2. The molecule has 39 heavy (non-hydrogen) atoms. The number of rotatable bonds is 8. The number of anilines is 1. The van der Waals surface area contributed by atoms with Crippen LogP contribution in [0.2, 0.25) is 0 Å². The van der Waals surface area contributed by atoms with Crippen LogP contribution >= 0.6 is 12.2 Å². The number of benzene rings is 2. The fourth-order valence-electron chi connectivity index (χ4n) is 3.87. The Morgan fingerprint density at radius 2 is 1.74 bits per heavy atom. The van der Waals surface area contributed by atoms with Gasteiger partial charge in [0, 0.05) is 44.8 Å². The number of fused-ring (bicyclic) bond motifs is 1. The lowest BCUT2D eigenvalue weighted by atomic mass is 10.2. The number of allylic oxidation sites excluding steroid dienone is 1. The van der Waals surface area contributed by atoms with E-state index in [1.807, 2.05) is 17.0 Å². The molecule has 0 aliphatic carbocycles. The minimum Gasteiger partial charge on any atom is -0.374 e. The van der Waals surface area contributed by atoms with Gasteiger partial charge in [-0.2, -0.15) is 4.68 Å². The smallest absolute Gasteiger partial charge is 0.264 e. The molecule has 1 saturated heterocycles. The van der Waals surface area contributed by atoms with E-state index in [2.05, 4.69) is 35.3 Å². The van der Waals surface area contributed by atoms with Crippen LogP contribution in [-0.4, -0.2) is 65.4 Å². The minimum absolute atomic E-state index is 0.0100. The molecule has 0 spiro atoms. The number of sulfonamides is 1. The van der Waals surface area contributed by atoms with Gasteiger partial charge in [-0.3, -0.25) is 4.79 Å². The van der Waals surface area contributed by atoms with Crippen molar-refractivity contribution < 1.29 is 13.2 Å². The van der Waals surface area contributed by atoms with Gasteiger partial charge in [0.2, 0.25) is 5.95 Å². The van der Waals surface area contributed by atoms with Gasteiger partial charge >= 0.3 is 0 Å². The molecule has 1 aliphatic heterocycles. The first-order valence-electron chi connectivity index (χ1n) is 11.9. The SMILES string of the molecule is O=C/C(=C\N1CCNCC1)c1nc2ccccc2n(N=Nc2ccc(S(=O)(=O)Nc3ncccn3)cc2)c1=S. The van der Waals surface area contributed by atoms with Gasteiger partial charge in [-0.15, -0.1) is 5.11 Å². The second kappa shape index (κ2) is 11.6. The van der Waals surface area contributed by atoms with E-state index in [9.17, 15) is 13.2 Å². The molecule has 5 rings (SSSR count). The van der Waals surface area contributed by atoms with Crippen molar-refractivity contribution in [3.8, 4) is 0 Å². The number of carbonyl (C=O) groups excluding carboxylic acids is 1. The zero-order valence-corrected chi connectivity index (χ0v) is 22.1. The van der Waals surface area contributed by atoms with Crippen LogP contribution in [0.5, 0.6) is 0 Å². The maximum Gasteiger partial charge on any atom is 0.264 e. The predicted octanol–water partition coefficient (Wildman–Crippen LogP) is 3.35. The lowest BCUT2D eigenvalue weighted by molar-refractivity contribution is -0.103. The van der Waals surface area contributed by atoms with E-state index in [0.29, 0.717) is 28.0 Å². The van der Waals surface area contributed by atoms with Crippen LogP contribution in [0, 0.1) is 4.64 Å². The largest absolute Gasteiger partial charge is 0.374 e. The third-order valence-electron chi connectivity index (χ3n) is 5.80. The van der Waals surface area contributed by atoms with E-state index < -0.39 is 10.0 Å². The Bertz CT molecular complexity index is 1720. The van der Waals surface area contributed by atoms with Crippen molar-refractivity contribution in [1.82, 2.24) is 29.8 Å². The van der Waals surface area contributed by atoms with Crippen molar-refractivity contribution in [1.29, 1.82) is 0 Å². The summed E-state index contributed by atoms with van der Waals surface area (Å²) in [6, 6.07) is 14.7. The van der Waals surface area contributed by atoms with Crippen LogP contribution in [-0.2, 0) is 14.8 Å². The van der Waals surface area contributed by atoms with Crippen LogP contribution in [0.3, 0.4) is 0 Å². The number of nitrogens with one attached hydrogen (secondary N) is 2. The monoisotopic (exact) mass is 561 g/mol. The third kappa shape index (κ3) is 6.03. The zero-order valence-electron chi connectivity index (χ0n) is 20.5. The van der Waals surface area contributed by atoms with Crippen molar-refractivity contribution in [2.75, 3.05) is 30.9 Å². The third-order valence-corrected chi connectivity index (χ3v) is 7.51. The molecule has 2 aromatic heterocycles. The molecule has 3 heterocycles. The Balaban J connectivity index is 1.47. The van der Waals surface area contributed by atoms with Crippen molar-refractivity contribution in [3.63, 3.8) is 0 Å². The number of piperazine rings is 1. The molecule has 0 atom stereocenters. The van der Waals surface area contributed by atoms with Gasteiger partial charge in [0.05, 0.1) is 27.2 Å². The van der Waals surface area contributed by atoms with Crippen LogP contribution < -0.4 is 10.0 Å². The molecular formula is C25H23N9O3S2. The number of hydrogen-bond donors (Lipinski definition) is 2.